The SMILES string of the molecule is C[C@@H](CCCOCCNc1cc(Br)cc2c1cnn2C1CCCCO1)NC(=O)OC(C)(C)C. The summed E-state index contributed by atoms with van der Waals surface area (Å²) in [4.78, 5) is 11.8. The molecule has 1 fully saturated rings. The Morgan fingerprint density at radius 2 is 2.15 bits per heavy atom. The normalized spacial score (nSPS) is 17.7. The number of hydrogen-bond donors (Lipinski definition) is 2. The summed E-state index contributed by atoms with van der Waals surface area (Å²) in [5.74, 6) is 0. The van der Waals surface area contributed by atoms with E-state index < -0.39 is 5.60 Å². The van der Waals surface area contributed by atoms with E-state index in [1.807, 2.05) is 38.6 Å². The van der Waals surface area contributed by atoms with Crippen molar-refractivity contribution in [2.45, 2.75) is 77.7 Å². The third kappa shape index (κ3) is 8.15. The van der Waals surface area contributed by atoms with E-state index in [1.165, 1.54) is 0 Å². The molecular formula is C24H37BrN4O4. The summed E-state index contributed by atoms with van der Waals surface area (Å²) < 4.78 is 20.0. The van der Waals surface area contributed by atoms with Crippen molar-refractivity contribution >= 4 is 38.6 Å². The molecule has 1 unspecified atom stereocenters. The van der Waals surface area contributed by atoms with Crippen LogP contribution in [-0.4, -0.2) is 53.9 Å². The second-order valence-electron chi connectivity index (χ2n) is 9.53. The van der Waals surface area contributed by atoms with E-state index in [0.717, 1.165) is 59.8 Å². The van der Waals surface area contributed by atoms with Crippen molar-refractivity contribution < 1.29 is 19.0 Å². The highest BCUT2D eigenvalue weighted by Gasteiger charge is 2.20. The molecule has 2 aromatic rings. The maximum Gasteiger partial charge on any atom is 0.407 e. The lowest BCUT2D eigenvalue weighted by Crippen LogP contribution is -2.37. The molecule has 8 nitrogen and oxygen atoms in total. The Labute approximate surface area is 204 Å². The van der Waals surface area contributed by atoms with Gasteiger partial charge in [-0.25, -0.2) is 9.48 Å². The van der Waals surface area contributed by atoms with Crippen molar-refractivity contribution in [1.29, 1.82) is 0 Å². The Morgan fingerprint density at radius 3 is 2.88 bits per heavy atom. The van der Waals surface area contributed by atoms with Gasteiger partial charge in [0.05, 0.1) is 18.3 Å². The van der Waals surface area contributed by atoms with Crippen molar-refractivity contribution in [2.24, 2.45) is 0 Å². The van der Waals surface area contributed by atoms with E-state index in [4.69, 9.17) is 14.2 Å². The number of carbonyl (C=O) groups excluding carboxylic acids is 1. The average Bonchev–Trinajstić information content (AvgIpc) is 3.16. The molecule has 0 bridgehead atoms. The summed E-state index contributed by atoms with van der Waals surface area (Å²) in [6.45, 7) is 10.3. The first-order valence-electron chi connectivity index (χ1n) is 11.8. The minimum absolute atomic E-state index is 0.00827. The van der Waals surface area contributed by atoms with Gasteiger partial charge in [0.15, 0.2) is 6.23 Å². The number of carbonyl (C=O) groups is 1. The lowest BCUT2D eigenvalue weighted by molar-refractivity contribution is -0.0366. The highest BCUT2D eigenvalue weighted by molar-refractivity contribution is 9.10. The summed E-state index contributed by atoms with van der Waals surface area (Å²) in [6.07, 6.45) is 6.51. The number of ether oxygens (including phenoxy) is 3. The van der Waals surface area contributed by atoms with Crippen LogP contribution in [0.4, 0.5) is 10.5 Å². The van der Waals surface area contributed by atoms with Gasteiger partial charge in [-0.2, -0.15) is 5.10 Å². The predicted octanol–water partition coefficient (Wildman–Crippen LogP) is 5.62. The molecule has 1 aliphatic heterocycles. The molecule has 33 heavy (non-hydrogen) atoms. The monoisotopic (exact) mass is 524 g/mol. The fraction of sp³-hybridized carbons (Fsp3) is 0.667. The molecule has 9 heteroatoms. The quantitative estimate of drug-likeness (QED) is 0.392. The number of fused-ring (bicyclic) bond motifs is 1. The summed E-state index contributed by atoms with van der Waals surface area (Å²) in [7, 11) is 0. The van der Waals surface area contributed by atoms with Crippen LogP contribution in [0.2, 0.25) is 0 Å². The zero-order valence-corrected chi connectivity index (χ0v) is 21.7. The van der Waals surface area contributed by atoms with Crippen molar-refractivity contribution in [3.05, 3.63) is 22.8 Å². The molecule has 184 valence electrons. The molecule has 0 spiro atoms. The van der Waals surface area contributed by atoms with Gasteiger partial charge in [0.1, 0.15) is 5.60 Å². The highest BCUT2D eigenvalue weighted by atomic mass is 79.9. The third-order valence-corrected chi connectivity index (χ3v) is 5.82. The summed E-state index contributed by atoms with van der Waals surface area (Å²) in [6, 6.07) is 4.20. The number of benzene rings is 1. The lowest BCUT2D eigenvalue weighted by Gasteiger charge is -2.23. The van der Waals surface area contributed by atoms with Crippen LogP contribution >= 0.6 is 15.9 Å². The molecule has 0 aliphatic carbocycles. The number of hydrogen-bond acceptors (Lipinski definition) is 6. The molecule has 1 aliphatic rings. The maximum atomic E-state index is 11.8. The number of nitrogens with zero attached hydrogens (tertiary/aromatic N) is 2. The lowest BCUT2D eigenvalue weighted by atomic mass is 10.1. The zero-order valence-electron chi connectivity index (χ0n) is 20.2. The molecule has 1 aromatic carbocycles. The fourth-order valence-electron chi connectivity index (χ4n) is 3.84. The molecule has 0 saturated carbocycles. The van der Waals surface area contributed by atoms with Crippen LogP contribution in [0.3, 0.4) is 0 Å². The van der Waals surface area contributed by atoms with Gasteiger partial charge in [0.2, 0.25) is 0 Å². The molecule has 2 heterocycles. The van der Waals surface area contributed by atoms with Gasteiger partial charge < -0.3 is 24.8 Å². The van der Waals surface area contributed by atoms with Crippen molar-refractivity contribution in [3.8, 4) is 0 Å². The van der Waals surface area contributed by atoms with Crippen LogP contribution in [0.15, 0.2) is 22.8 Å². The Balaban J connectivity index is 1.39. The number of halogens is 1. The average molecular weight is 525 g/mol. The van der Waals surface area contributed by atoms with Crippen LogP contribution in [0.1, 0.15) is 66.0 Å². The standard InChI is InChI=1S/C24H37BrN4O4/c1-17(28-23(30)33-24(2,3)4)8-7-11-31-13-10-26-20-14-18(25)15-21-19(20)16-27-29(21)22-9-5-6-12-32-22/h14-17,22,26H,5-13H2,1-4H3,(H,28,30)/t17-,22?/m0/s1. The topological polar surface area (TPSA) is 86.6 Å². The number of rotatable bonds is 10. The van der Waals surface area contributed by atoms with Gasteiger partial charge in [0, 0.05) is 41.3 Å². The Hall–Kier alpha value is -1.84. The molecule has 2 atom stereocenters. The van der Waals surface area contributed by atoms with Gasteiger partial charge in [-0.1, -0.05) is 15.9 Å². The summed E-state index contributed by atoms with van der Waals surface area (Å²) in [5, 5.41) is 12.0. The maximum absolute atomic E-state index is 11.8. The second kappa shape index (κ2) is 12.0. The molecule has 0 radical (unpaired) electrons. The van der Waals surface area contributed by atoms with E-state index in [0.29, 0.717) is 19.8 Å². The predicted molar refractivity (Wildman–Crippen MR) is 134 cm³/mol. The van der Waals surface area contributed by atoms with Crippen molar-refractivity contribution in [2.75, 3.05) is 31.7 Å². The van der Waals surface area contributed by atoms with Crippen LogP contribution < -0.4 is 10.6 Å². The van der Waals surface area contributed by atoms with Crippen LogP contribution in [-0.2, 0) is 14.2 Å². The highest BCUT2D eigenvalue weighted by Crippen LogP contribution is 2.32. The van der Waals surface area contributed by atoms with Crippen molar-refractivity contribution in [3.63, 3.8) is 0 Å². The van der Waals surface area contributed by atoms with E-state index in [9.17, 15) is 4.79 Å². The first-order valence-corrected chi connectivity index (χ1v) is 12.6. The number of amides is 1. The summed E-state index contributed by atoms with van der Waals surface area (Å²) in [5.41, 5.74) is 1.61. The number of alkyl carbamates (subject to hydrolysis) is 1. The first-order chi connectivity index (χ1) is 15.7. The van der Waals surface area contributed by atoms with Gasteiger partial charge in [0.25, 0.3) is 0 Å². The zero-order chi connectivity index (χ0) is 23.8. The number of nitrogens with one attached hydrogen (secondary N) is 2. The largest absolute Gasteiger partial charge is 0.444 e. The minimum atomic E-state index is -0.484. The van der Waals surface area contributed by atoms with Crippen LogP contribution in [0.5, 0.6) is 0 Å². The molecule has 1 aromatic heterocycles. The van der Waals surface area contributed by atoms with Gasteiger partial charge in [-0.05, 0) is 71.9 Å². The fourth-order valence-corrected chi connectivity index (χ4v) is 4.28. The van der Waals surface area contributed by atoms with E-state index in [-0.39, 0.29) is 18.4 Å². The smallest absolute Gasteiger partial charge is 0.407 e. The molecule has 1 amide bonds. The van der Waals surface area contributed by atoms with Crippen molar-refractivity contribution in [1.82, 2.24) is 15.1 Å². The molecular weight excluding hydrogens is 488 g/mol. The minimum Gasteiger partial charge on any atom is -0.444 e. The Kier molecular flexibility index (Phi) is 9.40. The third-order valence-electron chi connectivity index (χ3n) is 5.36. The second-order valence-corrected chi connectivity index (χ2v) is 10.4. The first kappa shape index (κ1) is 25.8. The summed E-state index contributed by atoms with van der Waals surface area (Å²) >= 11 is 3.62. The number of anilines is 1. The number of aromatic nitrogens is 2. The van der Waals surface area contributed by atoms with Gasteiger partial charge >= 0.3 is 6.09 Å². The van der Waals surface area contributed by atoms with E-state index in [2.05, 4.69) is 43.8 Å². The van der Waals surface area contributed by atoms with Gasteiger partial charge in [-0.3, -0.25) is 0 Å². The van der Waals surface area contributed by atoms with Gasteiger partial charge in [-0.15, -0.1) is 0 Å². The van der Waals surface area contributed by atoms with Crippen LogP contribution in [0.25, 0.3) is 10.9 Å². The van der Waals surface area contributed by atoms with E-state index >= 15 is 0 Å². The van der Waals surface area contributed by atoms with Crippen LogP contribution in [0, 0.1) is 0 Å². The molecule has 3 rings (SSSR count). The van der Waals surface area contributed by atoms with E-state index in [1.54, 1.807) is 0 Å². The Bertz CT molecular complexity index is 906. The molecule has 2 N–H and O–H groups in total. The Morgan fingerprint density at radius 1 is 1.33 bits per heavy atom. The molecule has 1 saturated heterocycles.